The number of anilines is 1. The van der Waals surface area contributed by atoms with E-state index in [-0.39, 0.29) is 31.0 Å². The first-order valence-corrected chi connectivity index (χ1v) is 11.5. The van der Waals surface area contributed by atoms with Crippen LogP contribution in [0.15, 0.2) is 6.07 Å². The minimum absolute atomic E-state index is 0.0334. The van der Waals surface area contributed by atoms with E-state index in [1.807, 2.05) is 4.90 Å². The number of nitrogens with zero attached hydrogens (tertiary/aromatic N) is 6. The summed E-state index contributed by atoms with van der Waals surface area (Å²) in [6, 6.07) is 2.33. The van der Waals surface area contributed by atoms with Crippen molar-refractivity contribution in [1.29, 1.82) is 0 Å². The predicted molar refractivity (Wildman–Crippen MR) is 112 cm³/mol. The Hall–Kier alpha value is -2.47. The summed E-state index contributed by atoms with van der Waals surface area (Å²) in [6.07, 6.45) is -0.606. The summed E-state index contributed by atoms with van der Waals surface area (Å²) in [5, 5.41) is 8.04. The number of hydrogen-bond donors (Lipinski definition) is 0. The molecule has 12 heteroatoms. The van der Waals surface area contributed by atoms with Crippen molar-refractivity contribution in [2.75, 3.05) is 24.7 Å². The number of ether oxygens (including phenoxy) is 2. The van der Waals surface area contributed by atoms with Crippen LogP contribution in [0.25, 0.3) is 10.2 Å². The van der Waals surface area contributed by atoms with Gasteiger partial charge in [-0.2, -0.15) is 23.1 Å². The summed E-state index contributed by atoms with van der Waals surface area (Å²) in [5.41, 5.74) is 0. The fraction of sp³-hybridized carbons (Fsp3) is 0.600. The molecular formula is C20H23F3N6O2S. The lowest BCUT2D eigenvalue weighted by atomic mass is 10.2. The Kier molecular flexibility index (Phi) is 5.66. The number of aryl methyl sites for hydroxylation is 1. The van der Waals surface area contributed by atoms with Crippen molar-refractivity contribution in [3.8, 4) is 6.01 Å². The zero-order valence-electron chi connectivity index (χ0n) is 17.6. The number of fused-ring (bicyclic) bond motifs is 2. The molecule has 0 spiro atoms. The Morgan fingerprint density at radius 3 is 2.88 bits per heavy atom. The van der Waals surface area contributed by atoms with Gasteiger partial charge in [0.1, 0.15) is 17.3 Å². The molecule has 0 saturated carbocycles. The summed E-state index contributed by atoms with van der Waals surface area (Å²) >= 11 is 1.59. The van der Waals surface area contributed by atoms with Crippen LogP contribution >= 0.6 is 11.3 Å². The van der Waals surface area contributed by atoms with Crippen molar-refractivity contribution in [1.82, 2.24) is 24.7 Å². The van der Waals surface area contributed by atoms with Crippen LogP contribution in [-0.4, -0.2) is 50.6 Å². The molecule has 1 atom stereocenters. The van der Waals surface area contributed by atoms with Crippen LogP contribution in [0.4, 0.5) is 19.0 Å². The van der Waals surface area contributed by atoms with Gasteiger partial charge in [-0.05, 0) is 25.3 Å². The van der Waals surface area contributed by atoms with Crippen LogP contribution in [0.3, 0.4) is 0 Å². The standard InChI is InChI=1S/C20H23F3N6O2S/c1-2-4-13-9-14-16(24-19(25-17(14)32-13)31-11-12-5-3-8-30-12)28-6-7-29-15(10-28)26-27-18(29)20(21,22)23/h9,12H,2-8,10-11H2,1H3. The molecule has 0 radical (unpaired) electrons. The van der Waals surface area contributed by atoms with Crippen LogP contribution < -0.4 is 9.64 Å². The molecule has 0 N–H and O–H groups in total. The van der Waals surface area contributed by atoms with E-state index in [2.05, 4.69) is 33.2 Å². The second-order valence-corrected chi connectivity index (χ2v) is 9.08. The van der Waals surface area contributed by atoms with Crippen molar-refractivity contribution < 1.29 is 22.6 Å². The summed E-state index contributed by atoms with van der Waals surface area (Å²) in [6.45, 7) is 3.88. The molecular weight excluding hydrogens is 445 g/mol. The molecule has 172 valence electrons. The number of alkyl halides is 3. The largest absolute Gasteiger partial charge is 0.461 e. The van der Waals surface area contributed by atoms with E-state index in [0.29, 0.717) is 19.0 Å². The third-order valence-electron chi connectivity index (χ3n) is 5.63. The number of hydrogen-bond acceptors (Lipinski definition) is 8. The van der Waals surface area contributed by atoms with Gasteiger partial charge in [0, 0.05) is 24.6 Å². The molecule has 5 heterocycles. The maximum absolute atomic E-state index is 13.2. The molecule has 0 aromatic carbocycles. The Balaban J connectivity index is 1.46. The molecule has 0 aliphatic carbocycles. The summed E-state index contributed by atoms with van der Waals surface area (Å²) in [5.74, 6) is -0.0405. The van der Waals surface area contributed by atoms with Gasteiger partial charge in [-0.3, -0.25) is 0 Å². The minimum atomic E-state index is -4.53. The van der Waals surface area contributed by atoms with E-state index in [0.717, 1.165) is 47.1 Å². The average Bonchev–Trinajstić information content (AvgIpc) is 3.49. The van der Waals surface area contributed by atoms with Gasteiger partial charge in [-0.25, -0.2) is 0 Å². The molecule has 1 saturated heterocycles. The fourth-order valence-electron chi connectivity index (χ4n) is 4.10. The second kappa shape index (κ2) is 8.47. The first-order chi connectivity index (χ1) is 15.4. The monoisotopic (exact) mass is 468 g/mol. The van der Waals surface area contributed by atoms with E-state index in [1.165, 1.54) is 4.88 Å². The molecule has 5 rings (SSSR count). The maximum atomic E-state index is 13.2. The van der Waals surface area contributed by atoms with Crippen molar-refractivity contribution >= 4 is 27.4 Å². The Morgan fingerprint density at radius 2 is 2.12 bits per heavy atom. The van der Waals surface area contributed by atoms with Gasteiger partial charge in [0.2, 0.25) is 5.82 Å². The van der Waals surface area contributed by atoms with Gasteiger partial charge >= 0.3 is 12.2 Å². The van der Waals surface area contributed by atoms with Crippen LogP contribution in [-0.2, 0) is 30.4 Å². The van der Waals surface area contributed by atoms with Crippen LogP contribution in [0.1, 0.15) is 42.7 Å². The fourth-order valence-corrected chi connectivity index (χ4v) is 5.22. The van der Waals surface area contributed by atoms with Gasteiger partial charge in [-0.1, -0.05) is 13.3 Å². The molecule has 0 bridgehead atoms. The lowest BCUT2D eigenvalue weighted by Crippen LogP contribution is -2.36. The van der Waals surface area contributed by atoms with Crippen LogP contribution in [0.5, 0.6) is 6.01 Å². The van der Waals surface area contributed by atoms with Gasteiger partial charge in [0.05, 0.1) is 18.0 Å². The maximum Gasteiger partial charge on any atom is 0.451 e. The predicted octanol–water partition coefficient (Wildman–Crippen LogP) is 3.83. The van der Waals surface area contributed by atoms with Gasteiger partial charge < -0.3 is 18.9 Å². The zero-order chi connectivity index (χ0) is 22.3. The van der Waals surface area contributed by atoms with Gasteiger partial charge in [0.25, 0.3) is 0 Å². The Labute approximate surface area is 186 Å². The van der Waals surface area contributed by atoms with Crippen molar-refractivity contribution in [2.24, 2.45) is 0 Å². The number of halogens is 3. The summed E-state index contributed by atoms with van der Waals surface area (Å²) in [4.78, 5) is 13.2. The Morgan fingerprint density at radius 1 is 1.25 bits per heavy atom. The minimum Gasteiger partial charge on any atom is -0.461 e. The zero-order valence-corrected chi connectivity index (χ0v) is 18.4. The second-order valence-electron chi connectivity index (χ2n) is 7.97. The van der Waals surface area contributed by atoms with Crippen LogP contribution in [0.2, 0.25) is 0 Å². The molecule has 8 nitrogen and oxygen atoms in total. The number of rotatable bonds is 6. The van der Waals surface area contributed by atoms with Gasteiger partial charge in [-0.15, -0.1) is 21.5 Å². The van der Waals surface area contributed by atoms with E-state index < -0.39 is 12.0 Å². The highest BCUT2D eigenvalue weighted by molar-refractivity contribution is 7.18. The Bertz CT molecular complexity index is 1110. The average molecular weight is 469 g/mol. The van der Waals surface area contributed by atoms with E-state index >= 15 is 0 Å². The number of thiophene rings is 1. The van der Waals surface area contributed by atoms with Crippen molar-refractivity contribution in [3.63, 3.8) is 0 Å². The molecule has 2 aliphatic rings. The molecule has 1 fully saturated rings. The molecule has 1 unspecified atom stereocenters. The SMILES string of the molecule is CCCc1cc2c(N3CCn4c(nnc4C(F)(F)F)C3)nc(OCC3CCCO3)nc2s1. The lowest BCUT2D eigenvalue weighted by Gasteiger charge is -2.29. The van der Waals surface area contributed by atoms with E-state index in [4.69, 9.17) is 9.47 Å². The molecule has 32 heavy (non-hydrogen) atoms. The van der Waals surface area contributed by atoms with E-state index in [9.17, 15) is 13.2 Å². The smallest absolute Gasteiger partial charge is 0.451 e. The first-order valence-electron chi connectivity index (χ1n) is 10.7. The first kappa shape index (κ1) is 21.4. The highest BCUT2D eigenvalue weighted by atomic mass is 32.1. The normalized spacial score (nSPS) is 19.0. The summed E-state index contributed by atoms with van der Waals surface area (Å²) < 4.78 is 52.2. The lowest BCUT2D eigenvalue weighted by molar-refractivity contribution is -0.147. The molecule has 3 aromatic rings. The third-order valence-corrected chi connectivity index (χ3v) is 6.72. The van der Waals surface area contributed by atoms with Gasteiger partial charge in [0.15, 0.2) is 5.82 Å². The van der Waals surface area contributed by atoms with Crippen molar-refractivity contribution in [2.45, 2.75) is 58.0 Å². The van der Waals surface area contributed by atoms with E-state index in [1.54, 1.807) is 11.3 Å². The van der Waals surface area contributed by atoms with Crippen LogP contribution in [0, 0.1) is 0 Å². The van der Waals surface area contributed by atoms with Crippen molar-refractivity contribution in [3.05, 3.63) is 22.6 Å². The molecule has 0 amide bonds. The third kappa shape index (κ3) is 4.13. The molecule has 2 aliphatic heterocycles. The highest BCUT2D eigenvalue weighted by Gasteiger charge is 2.39. The highest BCUT2D eigenvalue weighted by Crippen LogP contribution is 2.36. The quantitative estimate of drug-likeness (QED) is 0.544. The summed E-state index contributed by atoms with van der Waals surface area (Å²) in [7, 11) is 0. The number of aromatic nitrogens is 5. The topological polar surface area (TPSA) is 78.2 Å². The molecule has 3 aromatic heterocycles.